The van der Waals surface area contributed by atoms with Crippen LogP contribution in [0, 0.1) is 0 Å². The Morgan fingerprint density at radius 2 is 2.07 bits per heavy atom. The Morgan fingerprint density at radius 1 is 1.23 bits per heavy atom. The van der Waals surface area contributed by atoms with Gasteiger partial charge in [-0.3, -0.25) is 9.79 Å². The number of nitrogens with one attached hydrogen (secondary N) is 2. The van der Waals surface area contributed by atoms with Crippen LogP contribution in [0.5, 0.6) is 17.2 Å². The van der Waals surface area contributed by atoms with Gasteiger partial charge in [-0.05, 0) is 37.6 Å². The monoisotopic (exact) mass is 412 g/mol. The first kappa shape index (κ1) is 21.3. The minimum absolute atomic E-state index is 0.0299. The van der Waals surface area contributed by atoms with Gasteiger partial charge in [0.05, 0.1) is 19.4 Å². The van der Waals surface area contributed by atoms with Gasteiger partial charge in [-0.1, -0.05) is 12.1 Å². The number of fused-ring (bicyclic) bond motifs is 1. The third-order valence-electron chi connectivity index (χ3n) is 4.61. The Bertz CT molecular complexity index is 900. The molecule has 2 N–H and O–H groups in total. The number of benzene rings is 2. The molecule has 0 aliphatic carbocycles. The van der Waals surface area contributed by atoms with Gasteiger partial charge in [0.2, 0.25) is 0 Å². The molecule has 0 spiro atoms. The molecule has 2 aromatic carbocycles. The number of anilines is 2. The maximum atomic E-state index is 12.2. The van der Waals surface area contributed by atoms with Gasteiger partial charge in [-0.15, -0.1) is 0 Å². The second kappa shape index (κ2) is 10.4. The van der Waals surface area contributed by atoms with Crippen LogP contribution in [0.1, 0.15) is 13.3 Å². The Hall–Kier alpha value is -3.42. The van der Waals surface area contributed by atoms with Crippen molar-refractivity contribution in [2.45, 2.75) is 13.3 Å². The number of hydrogen-bond donors (Lipinski definition) is 2. The van der Waals surface area contributed by atoms with E-state index in [4.69, 9.17) is 14.2 Å². The number of rotatable bonds is 8. The number of guanidine groups is 1. The molecule has 30 heavy (non-hydrogen) atoms. The first-order valence-electron chi connectivity index (χ1n) is 9.97. The summed E-state index contributed by atoms with van der Waals surface area (Å²) in [5, 5.41) is 6.51. The number of hydrogen-bond acceptors (Lipinski definition) is 5. The molecular formula is C22H28N4O4. The highest BCUT2D eigenvalue weighted by Crippen LogP contribution is 2.31. The normalized spacial score (nSPS) is 13.4. The molecule has 2 aromatic rings. The fourth-order valence-corrected chi connectivity index (χ4v) is 3.18. The van der Waals surface area contributed by atoms with Crippen LogP contribution in [0.4, 0.5) is 11.4 Å². The molecule has 160 valence electrons. The smallest absolute Gasteiger partial charge is 0.265 e. The predicted molar refractivity (Wildman–Crippen MR) is 118 cm³/mol. The van der Waals surface area contributed by atoms with Crippen LogP contribution >= 0.6 is 0 Å². The second-order valence-corrected chi connectivity index (χ2v) is 6.58. The summed E-state index contributed by atoms with van der Waals surface area (Å²) in [5.74, 6) is 2.70. The molecule has 1 aliphatic rings. The average Bonchev–Trinajstić information content (AvgIpc) is 2.78. The maximum absolute atomic E-state index is 12.2. The minimum Gasteiger partial charge on any atom is -0.493 e. The van der Waals surface area contributed by atoms with Gasteiger partial charge in [0, 0.05) is 31.9 Å². The summed E-state index contributed by atoms with van der Waals surface area (Å²) < 4.78 is 16.4. The molecule has 0 bridgehead atoms. The molecule has 0 saturated heterocycles. The molecule has 3 rings (SSSR count). The molecule has 1 amide bonds. The van der Waals surface area contributed by atoms with Gasteiger partial charge >= 0.3 is 0 Å². The lowest BCUT2D eigenvalue weighted by Gasteiger charge is -2.29. The van der Waals surface area contributed by atoms with Crippen molar-refractivity contribution >= 4 is 23.2 Å². The summed E-state index contributed by atoms with van der Waals surface area (Å²) in [6.07, 6.45) is 0.757. The van der Waals surface area contributed by atoms with E-state index in [2.05, 4.69) is 15.6 Å². The first-order valence-corrected chi connectivity index (χ1v) is 9.97. The highest BCUT2D eigenvalue weighted by atomic mass is 16.5. The van der Waals surface area contributed by atoms with Crippen molar-refractivity contribution in [3.05, 3.63) is 42.5 Å². The lowest BCUT2D eigenvalue weighted by molar-refractivity contribution is -0.121. The lowest BCUT2D eigenvalue weighted by atomic mass is 10.2. The zero-order chi connectivity index (χ0) is 21.3. The van der Waals surface area contributed by atoms with Crippen LogP contribution in [0.3, 0.4) is 0 Å². The average molecular weight is 412 g/mol. The summed E-state index contributed by atoms with van der Waals surface area (Å²) in [4.78, 5) is 18.3. The molecule has 8 heteroatoms. The van der Waals surface area contributed by atoms with Crippen molar-refractivity contribution in [2.24, 2.45) is 4.99 Å². The molecule has 1 heterocycles. The molecular weight excluding hydrogens is 384 g/mol. The number of carbonyl (C=O) groups excluding carboxylic acids is 1. The SMILES string of the molecule is CCOc1ccc(NC(=NC)NCCCN2C(=O)COc3ccccc32)cc1OC. The van der Waals surface area contributed by atoms with Crippen molar-refractivity contribution in [3.63, 3.8) is 0 Å². The summed E-state index contributed by atoms with van der Waals surface area (Å²) in [6, 6.07) is 13.2. The van der Waals surface area contributed by atoms with Crippen molar-refractivity contribution < 1.29 is 19.0 Å². The lowest BCUT2D eigenvalue weighted by Crippen LogP contribution is -2.41. The van der Waals surface area contributed by atoms with E-state index in [9.17, 15) is 4.79 Å². The van der Waals surface area contributed by atoms with E-state index in [-0.39, 0.29) is 12.5 Å². The molecule has 0 saturated carbocycles. The van der Waals surface area contributed by atoms with Crippen LogP contribution in [-0.2, 0) is 4.79 Å². The quantitative estimate of drug-likeness (QED) is 0.394. The number of ether oxygens (including phenoxy) is 3. The fraction of sp³-hybridized carbons (Fsp3) is 0.364. The van der Waals surface area contributed by atoms with Crippen LogP contribution in [0.2, 0.25) is 0 Å². The molecule has 0 aromatic heterocycles. The Balaban J connectivity index is 1.52. The Morgan fingerprint density at radius 3 is 2.83 bits per heavy atom. The van der Waals surface area contributed by atoms with E-state index in [1.807, 2.05) is 49.4 Å². The third kappa shape index (κ3) is 5.14. The molecule has 0 fully saturated rings. The van der Waals surface area contributed by atoms with Crippen LogP contribution < -0.4 is 29.7 Å². The number of nitrogens with zero attached hydrogens (tertiary/aromatic N) is 2. The van der Waals surface area contributed by atoms with E-state index in [0.29, 0.717) is 37.2 Å². The van der Waals surface area contributed by atoms with Crippen molar-refractivity contribution in [1.29, 1.82) is 0 Å². The number of carbonyl (C=O) groups is 1. The van der Waals surface area contributed by atoms with Gasteiger partial charge in [-0.25, -0.2) is 0 Å². The standard InChI is InChI=1S/C22H28N4O4/c1-4-29-19-11-10-16(14-20(19)28-3)25-22(23-2)24-12-7-13-26-17-8-5-6-9-18(17)30-15-21(26)27/h5-6,8-11,14H,4,7,12-13,15H2,1-3H3,(H2,23,24,25). The van der Waals surface area contributed by atoms with Gasteiger partial charge in [0.1, 0.15) is 5.75 Å². The van der Waals surface area contributed by atoms with Gasteiger partial charge in [-0.2, -0.15) is 0 Å². The molecule has 0 radical (unpaired) electrons. The molecule has 0 atom stereocenters. The molecule has 0 unspecified atom stereocenters. The number of methoxy groups -OCH3 is 1. The van der Waals surface area contributed by atoms with E-state index in [0.717, 1.165) is 23.5 Å². The highest BCUT2D eigenvalue weighted by Gasteiger charge is 2.24. The van der Waals surface area contributed by atoms with E-state index in [1.54, 1.807) is 19.1 Å². The van der Waals surface area contributed by atoms with E-state index >= 15 is 0 Å². The second-order valence-electron chi connectivity index (χ2n) is 6.58. The Kier molecular flexibility index (Phi) is 7.37. The molecule has 1 aliphatic heterocycles. The van der Waals surface area contributed by atoms with Gasteiger partial charge in [0.15, 0.2) is 24.1 Å². The zero-order valence-electron chi connectivity index (χ0n) is 17.6. The van der Waals surface area contributed by atoms with Crippen LogP contribution in [-0.4, -0.2) is 52.3 Å². The van der Waals surface area contributed by atoms with Crippen LogP contribution in [0.15, 0.2) is 47.5 Å². The number of amides is 1. The summed E-state index contributed by atoms with van der Waals surface area (Å²) >= 11 is 0. The highest BCUT2D eigenvalue weighted by molar-refractivity contribution is 5.97. The van der Waals surface area contributed by atoms with Crippen LogP contribution in [0.25, 0.3) is 0 Å². The Labute approximate surface area is 176 Å². The number of aliphatic imine (C=N–C) groups is 1. The largest absolute Gasteiger partial charge is 0.493 e. The topological polar surface area (TPSA) is 84.4 Å². The van der Waals surface area contributed by atoms with Gasteiger partial charge in [0.25, 0.3) is 5.91 Å². The van der Waals surface area contributed by atoms with Crippen molar-refractivity contribution in [2.75, 3.05) is 50.7 Å². The van der Waals surface area contributed by atoms with E-state index < -0.39 is 0 Å². The van der Waals surface area contributed by atoms with Crippen molar-refractivity contribution in [3.8, 4) is 17.2 Å². The predicted octanol–water partition coefficient (Wildman–Crippen LogP) is 2.90. The third-order valence-corrected chi connectivity index (χ3v) is 4.61. The maximum Gasteiger partial charge on any atom is 0.265 e. The number of para-hydroxylation sites is 2. The first-order chi connectivity index (χ1) is 14.7. The van der Waals surface area contributed by atoms with Gasteiger partial charge < -0.3 is 29.7 Å². The summed E-state index contributed by atoms with van der Waals surface area (Å²) in [7, 11) is 3.32. The van der Waals surface area contributed by atoms with Crippen molar-refractivity contribution in [1.82, 2.24) is 5.32 Å². The zero-order valence-corrected chi connectivity index (χ0v) is 17.6. The summed E-state index contributed by atoms with van der Waals surface area (Å²) in [5.41, 5.74) is 1.65. The minimum atomic E-state index is -0.0299. The fourth-order valence-electron chi connectivity index (χ4n) is 3.18. The van der Waals surface area contributed by atoms with E-state index in [1.165, 1.54) is 0 Å². The molecule has 8 nitrogen and oxygen atoms in total. The summed E-state index contributed by atoms with van der Waals surface area (Å²) in [6.45, 7) is 3.83.